The number of aromatic nitrogens is 2. The van der Waals surface area contributed by atoms with Crippen LogP contribution >= 0.6 is 11.5 Å². The number of nitrogens with zero attached hydrogens (tertiary/aromatic N) is 2. The van der Waals surface area contributed by atoms with Gasteiger partial charge in [0.2, 0.25) is 0 Å². The molecule has 1 heterocycles. The molecule has 0 unspecified atom stereocenters. The molecule has 7 nitrogen and oxygen atoms in total. The minimum absolute atomic E-state index is 0.00362. The first-order chi connectivity index (χ1) is 10.9. The van der Waals surface area contributed by atoms with Crippen LogP contribution in [0.15, 0.2) is 29.6 Å². The van der Waals surface area contributed by atoms with Gasteiger partial charge in [0.25, 0.3) is 0 Å². The third-order valence-corrected chi connectivity index (χ3v) is 3.72. The molecule has 8 heteroatoms. The minimum atomic E-state index is -0.882. The number of carboxylic acids is 1. The molecule has 1 aromatic carbocycles. The number of benzene rings is 1. The van der Waals surface area contributed by atoms with Crippen LogP contribution in [-0.4, -0.2) is 32.2 Å². The average molecular weight is 334 g/mol. The SMILES string of the molecule is CC(C)(CCC(=O)O)NC(=O)Nc1ccc(-c2csnn2)cc1. The second-order valence-electron chi connectivity index (χ2n) is 5.72. The molecule has 122 valence electrons. The summed E-state index contributed by atoms with van der Waals surface area (Å²) in [7, 11) is 0. The lowest BCUT2D eigenvalue weighted by atomic mass is 9.99. The number of nitrogens with one attached hydrogen (secondary N) is 2. The van der Waals surface area contributed by atoms with Gasteiger partial charge in [-0.1, -0.05) is 16.6 Å². The van der Waals surface area contributed by atoms with E-state index in [0.29, 0.717) is 12.1 Å². The van der Waals surface area contributed by atoms with E-state index in [1.807, 2.05) is 17.5 Å². The number of carbonyl (C=O) groups is 2. The average Bonchev–Trinajstić information content (AvgIpc) is 2.99. The molecule has 0 fully saturated rings. The lowest BCUT2D eigenvalue weighted by Crippen LogP contribution is -2.45. The Morgan fingerprint density at radius 1 is 1.26 bits per heavy atom. The van der Waals surface area contributed by atoms with Gasteiger partial charge in [-0.25, -0.2) is 4.79 Å². The van der Waals surface area contributed by atoms with E-state index in [0.717, 1.165) is 11.3 Å². The first-order valence-electron chi connectivity index (χ1n) is 7.04. The van der Waals surface area contributed by atoms with Crippen molar-refractivity contribution in [1.82, 2.24) is 14.9 Å². The van der Waals surface area contributed by atoms with Crippen molar-refractivity contribution in [1.29, 1.82) is 0 Å². The van der Waals surface area contributed by atoms with Crippen molar-refractivity contribution in [2.45, 2.75) is 32.2 Å². The Morgan fingerprint density at radius 3 is 2.52 bits per heavy atom. The van der Waals surface area contributed by atoms with Crippen molar-refractivity contribution in [3.63, 3.8) is 0 Å². The third-order valence-electron chi connectivity index (χ3n) is 3.21. The van der Waals surface area contributed by atoms with Crippen LogP contribution in [-0.2, 0) is 4.79 Å². The Kier molecular flexibility index (Phi) is 5.28. The van der Waals surface area contributed by atoms with E-state index in [4.69, 9.17) is 5.11 Å². The van der Waals surface area contributed by atoms with Crippen molar-refractivity contribution in [2.75, 3.05) is 5.32 Å². The molecule has 0 bridgehead atoms. The number of hydrogen-bond acceptors (Lipinski definition) is 5. The number of anilines is 1. The Bertz CT molecular complexity index is 669. The molecule has 3 N–H and O–H groups in total. The van der Waals surface area contributed by atoms with Gasteiger partial charge in [0.05, 0.1) is 0 Å². The largest absolute Gasteiger partial charge is 0.481 e. The number of urea groups is 1. The van der Waals surface area contributed by atoms with Gasteiger partial charge in [0.15, 0.2) is 0 Å². The summed E-state index contributed by atoms with van der Waals surface area (Å²) in [5.41, 5.74) is 1.75. The maximum atomic E-state index is 12.0. The first-order valence-corrected chi connectivity index (χ1v) is 7.88. The van der Waals surface area contributed by atoms with Gasteiger partial charge in [0.1, 0.15) is 5.69 Å². The van der Waals surface area contributed by atoms with Crippen LogP contribution in [0.25, 0.3) is 11.3 Å². The van der Waals surface area contributed by atoms with Gasteiger partial charge in [-0.3, -0.25) is 4.79 Å². The quantitative estimate of drug-likeness (QED) is 0.753. The summed E-state index contributed by atoms with van der Waals surface area (Å²) < 4.78 is 3.81. The molecular weight excluding hydrogens is 316 g/mol. The van der Waals surface area contributed by atoms with Crippen LogP contribution in [0.4, 0.5) is 10.5 Å². The summed E-state index contributed by atoms with van der Waals surface area (Å²) in [6, 6.07) is 6.88. The zero-order valence-electron chi connectivity index (χ0n) is 12.9. The molecule has 0 saturated carbocycles. The summed E-state index contributed by atoms with van der Waals surface area (Å²) in [4.78, 5) is 22.6. The van der Waals surface area contributed by atoms with Gasteiger partial charge in [-0.2, -0.15) is 0 Å². The zero-order chi connectivity index (χ0) is 16.9. The summed E-state index contributed by atoms with van der Waals surface area (Å²) in [5, 5.41) is 20.0. The first kappa shape index (κ1) is 16.9. The maximum Gasteiger partial charge on any atom is 0.319 e. The highest BCUT2D eigenvalue weighted by Gasteiger charge is 2.21. The summed E-state index contributed by atoms with van der Waals surface area (Å²) in [6.45, 7) is 3.57. The van der Waals surface area contributed by atoms with E-state index in [1.54, 1.807) is 26.0 Å². The van der Waals surface area contributed by atoms with Crippen LogP contribution in [0.1, 0.15) is 26.7 Å². The number of hydrogen-bond donors (Lipinski definition) is 3. The maximum absolute atomic E-state index is 12.0. The number of carboxylic acid groups (broad SMARTS) is 1. The molecule has 23 heavy (non-hydrogen) atoms. The van der Waals surface area contributed by atoms with Crippen molar-refractivity contribution in [3.8, 4) is 11.3 Å². The van der Waals surface area contributed by atoms with Crippen molar-refractivity contribution in [3.05, 3.63) is 29.6 Å². The fourth-order valence-corrected chi connectivity index (χ4v) is 2.43. The second kappa shape index (κ2) is 7.19. The molecular formula is C15H18N4O3S. The van der Waals surface area contributed by atoms with E-state index >= 15 is 0 Å². The van der Waals surface area contributed by atoms with Crippen LogP contribution in [0, 0.1) is 0 Å². The van der Waals surface area contributed by atoms with Crippen LogP contribution in [0.3, 0.4) is 0 Å². The number of aliphatic carboxylic acids is 1. The van der Waals surface area contributed by atoms with Crippen LogP contribution in [0.5, 0.6) is 0 Å². The fourth-order valence-electron chi connectivity index (χ4n) is 1.97. The lowest BCUT2D eigenvalue weighted by Gasteiger charge is -2.25. The smallest absolute Gasteiger partial charge is 0.319 e. The summed E-state index contributed by atoms with van der Waals surface area (Å²) in [6.07, 6.45) is 0.356. The van der Waals surface area contributed by atoms with E-state index in [1.165, 1.54) is 11.5 Å². The molecule has 0 saturated heterocycles. The molecule has 2 rings (SSSR count). The monoisotopic (exact) mass is 334 g/mol. The van der Waals surface area contributed by atoms with E-state index in [2.05, 4.69) is 20.2 Å². The van der Waals surface area contributed by atoms with Crippen molar-refractivity contribution >= 4 is 29.2 Å². The predicted molar refractivity (Wildman–Crippen MR) is 88.4 cm³/mol. The molecule has 0 aliphatic heterocycles. The number of amides is 2. The number of rotatable bonds is 6. The van der Waals surface area contributed by atoms with Crippen LogP contribution < -0.4 is 10.6 Å². The van der Waals surface area contributed by atoms with E-state index in [9.17, 15) is 9.59 Å². The normalized spacial score (nSPS) is 11.0. The Labute approximate surface area is 137 Å². The molecule has 2 aromatic rings. The molecule has 0 spiro atoms. The fraction of sp³-hybridized carbons (Fsp3) is 0.333. The third kappa shape index (κ3) is 5.33. The molecule has 1 aromatic heterocycles. The van der Waals surface area contributed by atoms with Gasteiger partial charge in [-0.15, -0.1) is 5.10 Å². The highest BCUT2D eigenvalue weighted by molar-refractivity contribution is 7.03. The molecule has 2 amide bonds. The summed E-state index contributed by atoms with van der Waals surface area (Å²) >= 11 is 1.28. The Hall–Kier alpha value is -2.48. The van der Waals surface area contributed by atoms with Crippen LogP contribution in [0.2, 0.25) is 0 Å². The second-order valence-corrected chi connectivity index (χ2v) is 6.33. The topological polar surface area (TPSA) is 104 Å². The molecule has 0 aliphatic rings. The van der Waals surface area contributed by atoms with Crippen molar-refractivity contribution in [2.24, 2.45) is 0 Å². The minimum Gasteiger partial charge on any atom is -0.481 e. The van der Waals surface area contributed by atoms with E-state index in [-0.39, 0.29) is 12.5 Å². The standard InChI is InChI=1S/C15H18N4O3S/c1-15(2,8-7-13(20)21)17-14(22)16-11-5-3-10(4-6-11)12-9-23-19-18-12/h3-6,9H,7-8H2,1-2H3,(H,20,21)(H2,16,17,22). The number of carbonyl (C=O) groups excluding carboxylic acids is 1. The van der Waals surface area contributed by atoms with Gasteiger partial charge < -0.3 is 15.7 Å². The van der Waals surface area contributed by atoms with Gasteiger partial charge in [0, 0.05) is 28.6 Å². The van der Waals surface area contributed by atoms with Crippen molar-refractivity contribution < 1.29 is 14.7 Å². The molecule has 0 atom stereocenters. The zero-order valence-corrected chi connectivity index (χ0v) is 13.7. The van der Waals surface area contributed by atoms with E-state index < -0.39 is 11.5 Å². The highest BCUT2D eigenvalue weighted by atomic mass is 32.1. The Balaban J connectivity index is 1.91. The molecule has 0 aliphatic carbocycles. The lowest BCUT2D eigenvalue weighted by molar-refractivity contribution is -0.137. The highest BCUT2D eigenvalue weighted by Crippen LogP contribution is 2.20. The van der Waals surface area contributed by atoms with Gasteiger partial charge in [-0.05, 0) is 43.9 Å². The predicted octanol–water partition coefficient (Wildman–Crippen LogP) is 2.97. The molecule has 0 radical (unpaired) electrons. The van der Waals surface area contributed by atoms with Gasteiger partial charge >= 0.3 is 12.0 Å². The Morgan fingerprint density at radius 2 is 1.96 bits per heavy atom. The summed E-state index contributed by atoms with van der Waals surface area (Å²) in [5.74, 6) is -0.882.